The number of anilines is 1. The van der Waals surface area contributed by atoms with Gasteiger partial charge in [0.2, 0.25) is 10.9 Å². The maximum Gasteiger partial charge on any atom is 0.250 e. The number of nitrogens with zero attached hydrogens (tertiary/aromatic N) is 1. The minimum Gasteiger partial charge on any atom is -0.368 e. The third-order valence-electron chi connectivity index (χ3n) is 5.44. The van der Waals surface area contributed by atoms with Crippen molar-refractivity contribution in [1.29, 1.82) is 0 Å². The Morgan fingerprint density at radius 1 is 0.739 bits per heavy atom. The van der Waals surface area contributed by atoms with Crippen LogP contribution in [0, 0.1) is 0 Å². The van der Waals surface area contributed by atoms with Crippen LogP contribution in [0.2, 0.25) is 0 Å². The summed E-state index contributed by atoms with van der Waals surface area (Å²) in [6.07, 6.45) is 9.38. The summed E-state index contributed by atoms with van der Waals surface area (Å²) in [5, 5.41) is 0. The Bertz CT molecular complexity index is 790. The zero-order valence-electron chi connectivity index (χ0n) is 13.6. The fourth-order valence-electron chi connectivity index (χ4n) is 4.13. The van der Waals surface area contributed by atoms with Crippen LogP contribution in [0.3, 0.4) is 0 Å². The second-order valence-electron chi connectivity index (χ2n) is 6.97. The predicted octanol–water partition coefficient (Wildman–Crippen LogP) is 3.21. The first kappa shape index (κ1) is 14.7. The fraction of sp³-hybridized carbons (Fsp3) is 0.500. The van der Waals surface area contributed by atoms with E-state index in [1.165, 1.54) is 36.8 Å². The molecule has 1 heterocycles. The van der Waals surface area contributed by atoms with Gasteiger partial charge >= 0.3 is 0 Å². The predicted molar refractivity (Wildman–Crippen MR) is 94.1 cm³/mol. The summed E-state index contributed by atoms with van der Waals surface area (Å²) in [6, 6.07) is 6.36. The molecule has 0 atom stereocenters. The normalized spacial score (nSPS) is 18.7. The fourth-order valence-corrected chi connectivity index (χ4v) is 4.13. The van der Waals surface area contributed by atoms with Crippen LogP contribution in [0.1, 0.15) is 49.7 Å². The van der Waals surface area contributed by atoms with Crippen molar-refractivity contribution in [2.75, 3.05) is 18.0 Å². The van der Waals surface area contributed by atoms with Crippen molar-refractivity contribution in [3.63, 3.8) is 0 Å². The largest absolute Gasteiger partial charge is 0.368 e. The van der Waals surface area contributed by atoms with Crippen LogP contribution >= 0.6 is 0 Å². The Hall–Kier alpha value is -1.90. The van der Waals surface area contributed by atoms with Crippen LogP contribution in [0.25, 0.3) is 11.1 Å². The molecular formula is C20H23NO2. The summed E-state index contributed by atoms with van der Waals surface area (Å²) < 4.78 is 0. The quantitative estimate of drug-likeness (QED) is 0.799. The van der Waals surface area contributed by atoms with Crippen molar-refractivity contribution < 1.29 is 0 Å². The topological polar surface area (TPSA) is 37.4 Å². The van der Waals surface area contributed by atoms with E-state index in [1.807, 2.05) is 6.07 Å². The molecule has 1 fully saturated rings. The number of benzene rings is 1. The Morgan fingerprint density at radius 3 is 2.17 bits per heavy atom. The highest BCUT2D eigenvalue weighted by molar-refractivity contribution is 5.83. The van der Waals surface area contributed by atoms with Crippen molar-refractivity contribution in [2.45, 2.75) is 51.4 Å². The maximum atomic E-state index is 12.2. The second-order valence-corrected chi connectivity index (χ2v) is 6.97. The Labute approximate surface area is 136 Å². The highest BCUT2D eigenvalue weighted by Gasteiger charge is 2.27. The minimum absolute atomic E-state index is 0.278. The number of hydrogen-bond donors (Lipinski definition) is 0. The molecule has 2 aliphatic rings. The Balaban J connectivity index is 1.73. The molecule has 0 bridgehead atoms. The van der Waals surface area contributed by atoms with E-state index in [0.29, 0.717) is 11.3 Å². The van der Waals surface area contributed by atoms with Gasteiger partial charge in [0.1, 0.15) is 5.69 Å². The number of aryl methyl sites for hydroxylation is 2. The number of hydrogen-bond acceptors (Lipinski definition) is 3. The van der Waals surface area contributed by atoms with Crippen LogP contribution in [0.15, 0.2) is 27.8 Å². The van der Waals surface area contributed by atoms with E-state index in [-0.39, 0.29) is 10.9 Å². The summed E-state index contributed by atoms with van der Waals surface area (Å²) >= 11 is 0. The van der Waals surface area contributed by atoms with Crippen molar-refractivity contribution in [3.05, 3.63) is 49.8 Å². The molecule has 3 nitrogen and oxygen atoms in total. The lowest BCUT2D eigenvalue weighted by molar-refractivity contribution is 0.686. The molecule has 4 rings (SSSR count). The van der Waals surface area contributed by atoms with Gasteiger partial charge < -0.3 is 4.90 Å². The molecule has 1 aliphatic carbocycles. The number of fused-ring (bicyclic) bond motifs is 1. The van der Waals surface area contributed by atoms with E-state index in [9.17, 15) is 9.59 Å². The van der Waals surface area contributed by atoms with Gasteiger partial charge in [-0.15, -0.1) is 0 Å². The number of rotatable bonds is 2. The molecule has 0 amide bonds. The van der Waals surface area contributed by atoms with E-state index in [0.717, 1.165) is 44.3 Å². The van der Waals surface area contributed by atoms with Crippen molar-refractivity contribution >= 4 is 5.69 Å². The van der Waals surface area contributed by atoms with Crippen LogP contribution in [0.4, 0.5) is 5.69 Å². The zero-order chi connectivity index (χ0) is 15.8. The molecule has 0 saturated carbocycles. The monoisotopic (exact) mass is 309 g/mol. The molecule has 2 aromatic carbocycles. The Kier molecular flexibility index (Phi) is 3.80. The first-order valence-electron chi connectivity index (χ1n) is 8.96. The molecule has 3 heteroatoms. The molecule has 23 heavy (non-hydrogen) atoms. The van der Waals surface area contributed by atoms with Crippen molar-refractivity contribution in [1.82, 2.24) is 0 Å². The summed E-state index contributed by atoms with van der Waals surface area (Å²) in [6.45, 7) is 1.81. The molecule has 0 aromatic heterocycles. The molecule has 1 aliphatic heterocycles. The lowest BCUT2D eigenvalue weighted by Crippen LogP contribution is -2.42. The van der Waals surface area contributed by atoms with Gasteiger partial charge in [-0.2, -0.15) is 0 Å². The first-order chi connectivity index (χ1) is 11.3. The molecule has 0 spiro atoms. The van der Waals surface area contributed by atoms with Gasteiger partial charge in [-0.25, -0.2) is 0 Å². The van der Waals surface area contributed by atoms with Gasteiger partial charge in [0.15, 0.2) is 0 Å². The van der Waals surface area contributed by atoms with E-state index in [2.05, 4.69) is 17.0 Å². The molecule has 0 N–H and O–H groups in total. The van der Waals surface area contributed by atoms with Gasteiger partial charge in [0, 0.05) is 13.1 Å². The molecule has 120 valence electrons. The first-order valence-corrected chi connectivity index (χ1v) is 8.96. The highest BCUT2D eigenvalue weighted by Crippen LogP contribution is 2.31. The molecule has 0 radical (unpaired) electrons. The lowest BCUT2D eigenvalue weighted by atomic mass is 9.87. The highest BCUT2D eigenvalue weighted by atomic mass is 16.2. The third-order valence-corrected chi connectivity index (χ3v) is 5.44. The van der Waals surface area contributed by atoms with E-state index >= 15 is 0 Å². The van der Waals surface area contributed by atoms with Crippen molar-refractivity contribution in [3.8, 4) is 11.1 Å². The smallest absolute Gasteiger partial charge is 0.250 e. The van der Waals surface area contributed by atoms with Crippen LogP contribution < -0.4 is 15.8 Å². The van der Waals surface area contributed by atoms with Crippen LogP contribution in [-0.2, 0) is 12.8 Å². The van der Waals surface area contributed by atoms with Crippen molar-refractivity contribution in [2.24, 2.45) is 0 Å². The van der Waals surface area contributed by atoms with Crippen LogP contribution in [-0.4, -0.2) is 13.1 Å². The average Bonchev–Trinajstić information content (AvgIpc) is 2.87. The van der Waals surface area contributed by atoms with E-state index in [4.69, 9.17) is 0 Å². The van der Waals surface area contributed by atoms with E-state index < -0.39 is 0 Å². The van der Waals surface area contributed by atoms with Gasteiger partial charge in [-0.3, -0.25) is 9.59 Å². The molecule has 0 unspecified atom stereocenters. The average molecular weight is 309 g/mol. The molecular weight excluding hydrogens is 286 g/mol. The summed E-state index contributed by atoms with van der Waals surface area (Å²) in [7, 11) is 0. The van der Waals surface area contributed by atoms with Gasteiger partial charge in [-0.1, -0.05) is 31.0 Å². The third kappa shape index (κ3) is 2.52. The lowest BCUT2D eigenvalue weighted by Gasteiger charge is -2.26. The summed E-state index contributed by atoms with van der Waals surface area (Å²) in [5.41, 5.74) is 4.52. The Morgan fingerprint density at radius 2 is 1.43 bits per heavy atom. The van der Waals surface area contributed by atoms with E-state index in [1.54, 1.807) is 0 Å². The minimum atomic E-state index is -0.292. The molecule has 2 aromatic rings. The summed E-state index contributed by atoms with van der Waals surface area (Å²) in [5.74, 6) is 0. The van der Waals surface area contributed by atoms with Gasteiger partial charge in [0.25, 0.3) is 0 Å². The van der Waals surface area contributed by atoms with Gasteiger partial charge in [0.05, 0.1) is 5.56 Å². The standard InChI is InChI=1S/C20H23NO2/c22-19-17(16-10-9-14-7-3-4-8-15(14)13-16)18(20(19)23)21-11-5-1-2-6-12-21/h9-10,13H,1-8,11-12H2. The van der Waals surface area contributed by atoms with Crippen LogP contribution in [0.5, 0.6) is 0 Å². The zero-order valence-corrected chi connectivity index (χ0v) is 13.6. The molecule has 1 saturated heterocycles. The second kappa shape index (κ2) is 5.95. The summed E-state index contributed by atoms with van der Waals surface area (Å²) in [4.78, 5) is 26.6. The SMILES string of the molecule is O=c1c(-c2ccc3c(c2)CCCC3)c(N2CCCCCC2)c1=O. The maximum absolute atomic E-state index is 12.2. The van der Waals surface area contributed by atoms with Gasteiger partial charge in [-0.05, 0) is 55.2 Å².